The average Bonchev–Trinajstić information content (AvgIpc) is 2.88. The van der Waals surface area contributed by atoms with E-state index < -0.39 is 5.97 Å². The number of ether oxygens (including phenoxy) is 1. The number of aryl methyl sites for hydroxylation is 1. The molecule has 100 valence electrons. The minimum atomic E-state index is -0.460. The van der Waals surface area contributed by atoms with Gasteiger partial charge in [-0.1, -0.05) is 12.1 Å². The summed E-state index contributed by atoms with van der Waals surface area (Å²) in [6.07, 6.45) is 0. The molecule has 0 saturated heterocycles. The smallest absolute Gasteiger partial charge is 0.373 e. The van der Waals surface area contributed by atoms with E-state index in [1.54, 1.807) is 12.1 Å². The van der Waals surface area contributed by atoms with Gasteiger partial charge in [0.05, 0.1) is 13.7 Å². The summed E-state index contributed by atoms with van der Waals surface area (Å²) in [5, 5.41) is 3.29. The van der Waals surface area contributed by atoms with Crippen LogP contribution >= 0.6 is 0 Å². The normalized spacial score (nSPS) is 10.3. The summed E-state index contributed by atoms with van der Waals surface area (Å²) in [4.78, 5) is 11.3. The highest BCUT2D eigenvalue weighted by molar-refractivity contribution is 5.86. The number of hydrogen-bond acceptors (Lipinski definition) is 4. The van der Waals surface area contributed by atoms with E-state index in [0.717, 1.165) is 5.69 Å². The SMILES string of the molecule is COC(=O)c1ccc(CNc2cccc(C)c2C)o1. The number of nitrogens with one attached hydrogen (secondary N) is 1. The first kappa shape index (κ1) is 13.2. The standard InChI is InChI=1S/C15H17NO3/c1-10-5-4-6-13(11(10)2)16-9-12-7-8-14(19-12)15(17)18-3/h4-8,16H,9H2,1-3H3. The van der Waals surface area contributed by atoms with Crippen LogP contribution in [-0.2, 0) is 11.3 Å². The van der Waals surface area contributed by atoms with E-state index in [4.69, 9.17) is 4.42 Å². The van der Waals surface area contributed by atoms with Crippen molar-refractivity contribution < 1.29 is 13.9 Å². The molecule has 0 fully saturated rings. The summed E-state index contributed by atoms with van der Waals surface area (Å²) in [6, 6.07) is 9.48. The Morgan fingerprint density at radius 1 is 1.26 bits per heavy atom. The number of carbonyl (C=O) groups excluding carboxylic acids is 1. The molecular weight excluding hydrogens is 242 g/mol. The van der Waals surface area contributed by atoms with Gasteiger partial charge >= 0.3 is 5.97 Å². The molecule has 0 amide bonds. The second kappa shape index (κ2) is 5.61. The fourth-order valence-electron chi connectivity index (χ4n) is 1.81. The molecule has 19 heavy (non-hydrogen) atoms. The monoisotopic (exact) mass is 259 g/mol. The molecule has 0 bridgehead atoms. The fraction of sp³-hybridized carbons (Fsp3) is 0.267. The Morgan fingerprint density at radius 3 is 2.79 bits per heavy atom. The third-order valence-electron chi connectivity index (χ3n) is 3.11. The highest BCUT2D eigenvalue weighted by Gasteiger charge is 2.11. The molecule has 0 radical (unpaired) electrons. The molecule has 0 atom stereocenters. The van der Waals surface area contributed by atoms with Gasteiger partial charge in [0, 0.05) is 5.69 Å². The van der Waals surface area contributed by atoms with Crippen LogP contribution in [0.2, 0.25) is 0 Å². The van der Waals surface area contributed by atoms with Crippen molar-refractivity contribution in [1.29, 1.82) is 0 Å². The van der Waals surface area contributed by atoms with Crippen LogP contribution in [0.25, 0.3) is 0 Å². The van der Waals surface area contributed by atoms with E-state index in [0.29, 0.717) is 12.3 Å². The maximum absolute atomic E-state index is 11.3. The predicted octanol–water partition coefficient (Wildman–Crippen LogP) is 3.30. The summed E-state index contributed by atoms with van der Waals surface area (Å²) < 4.78 is 9.99. The molecule has 0 aliphatic heterocycles. The quantitative estimate of drug-likeness (QED) is 0.856. The Morgan fingerprint density at radius 2 is 2.05 bits per heavy atom. The Hall–Kier alpha value is -2.23. The zero-order chi connectivity index (χ0) is 13.8. The molecule has 0 aliphatic rings. The van der Waals surface area contributed by atoms with E-state index in [-0.39, 0.29) is 5.76 Å². The fourth-order valence-corrected chi connectivity index (χ4v) is 1.81. The molecule has 1 aromatic carbocycles. The Kier molecular flexibility index (Phi) is 3.90. The number of esters is 1. The van der Waals surface area contributed by atoms with E-state index >= 15 is 0 Å². The number of methoxy groups -OCH3 is 1. The molecule has 0 saturated carbocycles. The summed E-state index contributed by atoms with van der Waals surface area (Å²) in [7, 11) is 1.33. The Labute approximate surface area is 112 Å². The van der Waals surface area contributed by atoms with Crippen molar-refractivity contribution >= 4 is 11.7 Å². The molecule has 2 aromatic rings. The Bertz CT molecular complexity index is 587. The van der Waals surface area contributed by atoms with Crippen molar-refractivity contribution in [3.63, 3.8) is 0 Å². The minimum absolute atomic E-state index is 0.222. The first-order chi connectivity index (χ1) is 9.11. The molecule has 0 unspecified atom stereocenters. The Balaban J connectivity index is 2.04. The highest BCUT2D eigenvalue weighted by atomic mass is 16.5. The molecular formula is C15H17NO3. The lowest BCUT2D eigenvalue weighted by Gasteiger charge is -2.10. The van der Waals surface area contributed by atoms with Gasteiger partial charge in [-0.3, -0.25) is 0 Å². The van der Waals surface area contributed by atoms with Gasteiger partial charge in [0.15, 0.2) is 0 Å². The second-order valence-electron chi connectivity index (χ2n) is 4.36. The van der Waals surface area contributed by atoms with Gasteiger partial charge in [-0.2, -0.15) is 0 Å². The van der Waals surface area contributed by atoms with Crippen LogP contribution in [0, 0.1) is 13.8 Å². The molecule has 2 rings (SSSR count). The number of anilines is 1. The lowest BCUT2D eigenvalue weighted by Crippen LogP contribution is -2.01. The van der Waals surface area contributed by atoms with Crippen LogP contribution in [-0.4, -0.2) is 13.1 Å². The first-order valence-corrected chi connectivity index (χ1v) is 6.09. The van der Waals surface area contributed by atoms with Gasteiger partial charge in [-0.15, -0.1) is 0 Å². The van der Waals surface area contributed by atoms with Gasteiger partial charge in [0.1, 0.15) is 5.76 Å². The number of hydrogen-bond donors (Lipinski definition) is 1. The lowest BCUT2D eigenvalue weighted by atomic mass is 10.1. The molecule has 1 aromatic heterocycles. The van der Waals surface area contributed by atoms with Crippen LogP contribution in [0.4, 0.5) is 5.69 Å². The first-order valence-electron chi connectivity index (χ1n) is 6.09. The summed E-state index contributed by atoms with van der Waals surface area (Å²) in [6.45, 7) is 4.67. The van der Waals surface area contributed by atoms with Crippen molar-refractivity contribution in [2.24, 2.45) is 0 Å². The molecule has 0 aliphatic carbocycles. The minimum Gasteiger partial charge on any atom is -0.463 e. The third-order valence-corrected chi connectivity index (χ3v) is 3.11. The van der Waals surface area contributed by atoms with Crippen LogP contribution in [0.1, 0.15) is 27.4 Å². The molecule has 4 heteroatoms. The summed E-state index contributed by atoms with van der Waals surface area (Å²) in [5.41, 5.74) is 3.51. The van der Waals surface area contributed by atoms with Crippen molar-refractivity contribution in [1.82, 2.24) is 0 Å². The van der Waals surface area contributed by atoms with Crippen LogP contribution in [0.15, 0.2) is 34.7 Å². The highest BCUT2D eigenvalue weighted by Crippen LogP contribution is 2.19. The van der Waals surface area contributed by atoms with Gasteiger partial charge in [0.25, 0.3) is 0 Å². The van der Waals surface area contributed by atoms with Crippen molar-refractivity contribution in [3.8, 4) is 0 Å². The largest absolute Gasteiger partial charge is 0.463 e. The van der Waals surface area contributed by atoms with Crippen molar-refractivity contribution in [3.05, 3.63) is 53.0 Å². The lowest BCUT2D eigenvalue weighted by molar-refractivity contribution is 0.0563. The van der Waals surface area contributed by atoms with E-state index in [9.17, 15) is 4.79 Å². The third kappa shape index (κ3) is 2.96. The second-order valence-corrected chi connectivity index (χ2v) is 4.36. The molecule has 1 N–H and O–H groups in total. The number of carbonyl (C=O) groups is 1. The topological polar surface area (TPSA) is 51.5 Å². The molecule has 1 heterocycles. The van der Waals surface area contributed by atoms with Gasteiger partial charge < -0.3 is 14.5 Å². The van der Waals surface area contributed by atoms with Gasteiger partial charge in [-0.25, -0.2) is 4.79 Å². The van der Waals surface area contributed by atoms with Crippen molar-refractivity contribution in [2.45, 2.75) is 20.4 Å². The zero-order valence-electron chi connectivity index (χ0n) is 11.3. The molecule has 0 spiro atoms. The predicted molar refractivity (Wildman–Crippen MR) is 73.3 cm³/mol. The summed E-state index contributed by atoms with van der Waals surface area (Å²) >= 11 is 0. The number of furan rings is 1. The number of benzene rings is 1. The maximum Gasteiger partial charge on any atom is 0.373 e. The number of rotatable bonds is 4. The van der Waals surface area contributed by atoms with Crippen molar-refractivity contribution in [2.75, 3.05) is 12.4 Å². The average molecular weight is 259 g/mol. The van der Waals surface area contributed by atoms with Crippen LogP contribution < -0.4 is 5.32 Å². The van der Waals surface area contributed by atoms with Gasteiger partial charge in [0.2, 0.25) is 5.76 Å². The summed E-state index contributed by atoms with van der Waals surface area (Å²) in [5.74, 6) is 0.458. The van der Waals surface area contributed by atoms with E-state index in [1.165, 1.54) is 18.2 Å². The van der Waals surface area contributed by atoms with Crippen LogP contribution in [0.5, 0.6) is 0 Å². The van der Waals surface area contributed by atoms with E-state index in [1.807, 2.05) is 12.1 Å². The zero-order valence-corrected chi connectivity index (χ0v) is 11.3. The molecule has 4 nitrogen and oxygen atoms in total. The van der Waals surface area contributed by atoms with Gasteiger partial charge in [-0.05, 0) is 43.2 Å². The maximum atomic E-state index is 11.3. The van der Waals surface area contributed by atoms with E-state index in [2.05, 4.69) is 30.0 Å². The van der Waals surface area contributed by atoms with Crippen LogP contribution in [0.3, 0.4) is 0 Å².